The van der Waals surface area contributed by atoms with Crippen LogP contribution < -0.4 is 10.5 Å². The molecule has 0 saturated heterocycles. The minimum atomic E-state index is -0.913. The predicted molar refractivity (Wildman–Crippen MR) is 71.8 cm³/mol. The largest absolute Gasteiger partial charge is 0.493 e. The Morgan fingerprint density at radius 2 is 2.22 bits per heavy atom. The van der Waals surface area contributed by atoms with E-state index < -0.39 is 11.9 Å². The normalized spacial score (nSPS) is 16.3. The molecule has 0 amide bonds. The lowest BCUT2D eigenvalue weighted by Gasteiger charge is -2.13. The van der Waals surface area contributed by atoms with Crippen molar-refractivity contribution in [2.75, 3.05) is 13.2 Å². The molecule has 1 unspecified atom stereocenters. The monoisotopic (exact) mass is 313 g/mol. The van der Waals surface area contributed by atoms with Crippen LogP contribution >= 0.6 is 15.9 Å². The molecule has 1 saturated carbocycles. The Hall–Kier alpha value is -1.07. The van der Waals surface area contributed by atoms with E-state index in [2.05, 4.69) is 15.9 Å². The Bertz CT molecular complexity index is 446. The fraction of sp³-hybridized carbons (Fsp3) is 0.462. The standard InChI is InChI=1S/C13H16BrNO3/c14-10-3-9(12(6-15)13(16)17)4-11(5-10)18-7-8-1-2-8/h3-5,8,12H,1-2,6-7,15H2,(H,16,17). The summed E-state index contributed by atoms with van der Waals surface area (Å²) in [5.41, 5.74) is 6.17. The highest BCUT2D eigenvalue weighted by atomic mass is 79.9. The van der Waals surface area contributed by atoms with Gasteiger partial charge in [-0.1, -0.05) is 15.9 Å². The predicted octanol–water partition coefficient (Wildman–Crippen LogP) is 2.36. The van der Waals surface area contributed by atoms with Crippen molar-refractivity contribution in [3.8, 4) is 5.75 Å². The van der Waals surface area contributed by atoms with E-state index in [9.17, 15) is 4.79 Å². The maximum atomic E-state index is 11.1. The van der Waals surface area contributed by atoms with Crippen molar-refractivity contribution in [2.24, 2.45) is 11.7 Å². The first-order valence-electron chi connectivity index (χ1n) is 5.96. The molecule has 0 spiro atoms. The van der Waals surface area contributed by atoms with Gasteiger partial charge in [-0.25, -0.2) is 0 Å². The van der Waals surface area contributed by atoms with E-state index in [1.54, 1.807) is 12.1 Å². The van der Waals surface area contributed by atoms with Gasteiger partial charge in [-0.2, -0.15) is 0 Å². The molecule has 1 aliphatic carbocycles. The molecule has 3 N–H and O–H groups in total. The SMILES string of the molecule is NCC(C(=O)O)c1cc(Br)cc(OCC2CC2)c1. The summed E-state index contributed by atoms with van der Waals surface area (Å²) in [6.45, 7) is 0.782. The number of rotatable bonds is 6. The Kier molecular flexibility index (Phi) is 4.24. The number of carbonyl (C=O) groups is 1. The zero-order valence-electron chi connectivity index (χ0n) is 9.93. The van der Waals surface area contributed by atoms with Crippen LogP contribution in [0.4, 0.5) is 0 Å². The quantitative estimate of drug-likeness (QED) is 0.845. The van der Waals surface area contributed by atoms with Gasteiger partial charge in [-0.05, 0) is 42.5 Å². The molecule has 98 valence electrons. The van der Waals surface area contributed by atoms with E-state index in [0.717, 1.165) is 4.47 Å². The zero-order valence-corrected chi connectivity index (χ0v) is 11.5. The minimum absolute atomic E-state index is 0.0772. The fourth-order valence-corrected chi connectivity index (χ4v) is 2.24. The average Bonchev–Trinajstić information content (AvgIpc) is 3.10. The molecule has 2 rings (SSSR count). The van der Waals surface area contributed by atoms with E-state index in [-0.39, 0.29) is 6.54 Å². The molecule has 0 aliphatic heterocycles. The summed E-state index contributed by atoms with van der Waals surface area (Å²) < 4.78 is 6.47. The average molecular weight is 314 g/mol. The van der Waals surface area contributed by atoms with Crippen LogP contribution in [0.1, 0.15) is 24.3 Å². The van der Waals surface area contributed by atoms with Crippen molar-refractivity contribution in [1.29, 1.82) is 0 Å². The van der Waals surface area contributed by atoms with Crippen LogP contribution in [0.25, 0.3) is 0 Å². The van der Waals surface area contributed by atoms with Gasteiger partial charge in [0.05, 0.1) is 12.5 Å². The van der Waals surface area contributed by atoms with Crippen LogP contribution in [-0.2, 0) is 4.79 Å². The number of nitrogens with two attached hydrogens (primary N) is 1. The summed E-state index contributed by atoms with van der Waals surface area (Å²) in [5.74, 6) is -0.238. The Balaban J connectivity index is 2.15. The number of benzene rings is 1. The molecule has 1 fully saturated rings. The highest BCUT2D eigenvalue weighted by molar-refractivity contribution is 9.10. The molecule has 18 heavy (non-hydrogen) atoms. The summed E-state index contributed by atoms with van der Waals surface area (Å²) in [5, 5.41) is 9.10. The Labute approximate surface area is 114 Å². The lowest BCUT2D eigenvalue weighted by Crippen LogP contribution is -2.21. The van der Waals surface area contributed by atoms with E-state index in [0.29, 0.717) is 23.8 Å². The topological polar surface area (TPSA) is 72.6 Å². The van der Waals surface area contributed by atoms with Crippen LogP contribution in [0.2, 0.25) is 0 Å². The first kappa shape index (κ1) is 13.4. The molecular weight excluding hydrogens is 298 g/mol. The van der Waals surface area contributed by atoms with Crippen molar-refractivity contribution in [3.63, 3.8) is 0 Å². The van der Waals surface area contributed by atoms with E-state index >= 15 is 0 Å². The van der Waals surface area contributed by atoms with Gasteiger partial charge in [-0.15, -0.1) is 0 Å². The van der Waals surface area contributed by atoms with Crippen LogP contribution in [0.15, 0.2) is 22.7 Å². The maximum absolute atomic E-state index is 11.1. The van der Waals surface area contributed by atoms with E-state index in [1.165, 1.54) is 12.8 Å². The second kappa shape index (κ2) is 5.71. The van der Waals surface area contributed by atoms with E-state index in [1.807, 2.05) is 6.07 Å². The lowest BCUT2D eigenvalue weighted by atomic mass is 9.99. The van der Waals surface area contributed by atoms with Crippen molar-refractivity contribution in [1.82, 2.24) is 0 Å². The van der Waals surface area contributed by atoms with Gasteiger partial charge >= 0.3 is 5.97 Å². The first-order chi connectivity index (χ1) is 8.60. The molecule has 0 radical (unpaired) electrons. The smallest absolute Gasteiger partial charge is 0.312 e. The summed E-state index contributed by atoms with van der Waals surface area (Å²) in [6, 6.07) is 5.38. The van der Waals surface area contributed by atoms with Gasteiger partial charge in [0.1, 0.15) is 5.75 Å². The highest BCUT2D eigenvalue weighted by Gasteiger charge is 2.23. The number of hydrogen-bond donors (Lipinski definition) is 2. The number of carboxylic acid groups (broad SMARTS) is 1. The van der Waals surface area contributed by atoms with Crippen molar-refractivity contribution in [3.05, 3.63) is 28.2 Å². The Morgan fingerprint density at radius 1 is 1.50 bits per heavy atom. The molecule has 4 nitrogen and oxygen atoms in total. The van der Waals surface area contributed by atoms with Gasteiger partial charge in [0, 0.05) is 11.0 Å². The van der Waals surface area contributed by atoms with Gasteiger partial charge < -0.3 is 15.6 Å². The van der Waals surface area contributed by atoms with Crippen molar-refractivity contribution in [2.45, 2.75) is 18.8 Å². The number of ether oxygens (including phenoxy) is 1. The minimum Gasteiger partial charge on any atom is -0.493 e. The van der Waals surface area contributed by atoms with Crippen LogP contribution in [0.3, 0.4) is 0 Å². The number of carboxylic acids is 1. The molecule has 1 aliphatic rings. The molecule has 1 aromatic rings. The molecule has 0 aromatic heterocycles. The number of aliphatic carboxylic acids is 1. The molecule has 1 atom stereocenters. The number of hydrogen-bond acceptors (Lipinski definition) is 3. The van der Waals surface area contributed by atoms with Crippen LogP contribution in [-0.4, -0.2) is 24.2 Å². The van der Waals surface area contributed by atoms with Crippen molar-refractivity contribution < 1.29 is 14.6 Å². The summed E-state index contributed by atoms with van der Waals surface area (Å²) in [4.78, 5) is 11.1. The van der Waals surface area contributed by atoms with Gasteiger partial charge in [0.15, 0.2) is 0 Å². The second-order valence-corrected chi connectivity index (χ2v) is 5.52. The van der Waals surface area contributed by atoms with Crippen LogP contribution in [0.5, 0.6) is 5.75 Å². The van der Waals surface area contributed by atoms with E-state index in [4.69, 9.17) is 15.6 Å². The molecule has 0 heterocycles. The molecule has 5 heteroatoms. The molecule has 0 bridgehead atoms. The second-order valence-electron chi connectivity index (χ2n) is 4.60. The molecule has 1 aromatic carbocycles. The maximum Gasteiger partial charge on any atom is 0.312 e. The van der Waals surface area contributed by atoms with Crippen molar-refractivity contribution >= 4 is 21.9 Å². The molecular formula is C13H16BrNO3. The Morgan fingerprint density at radius 3 is 2.78 bits per heavy atom. The highest BCUT2D eigenvalue weighted by Crippen LogP contribution is 2.31. The summed E-state index contributed by atoms with van der Waals surface area (Å²) >= 11 is 3.37. The lowest BCUT2D eigenvalue weighted by molar-refractivity contribution is -0.138. The van der Waals surface area contributed by atoms with Gasteiger partial charge in [-0.3, -0.25) is 4.79 Å². The van der Waals surface area contributed by atoms with Crippen LogP contribution in [0, 0.1) is 5.92 Å². The number of halogens is 1. The summed E-state index contributed by atoms with van der Waals surface area (Å²) in [7, 11) is 0. The first-order valence-corrected chi connectivity index (χ1v) is 6.75. The third-order valence-corrected chi connectivity index (χ3v) is 3.47. The fourth-order valence-electron chi connectivity index (χ4n) is 1.75. The third kappa shape index (κ3) is 3.46. The zero-order chi connectivity index (χ0) is 13.1. The third-order valence-electron chi connectivity index (χ3n) is 3.01. The summed E-state index contributed by atoms with van der Waals surface area (Å²) in [6.07, 6.45) is 2.45. The van der Waals surface area contributed by atoms with Gasteiger partial charge in [0.2, 0.25) is 0 Å². The van der Waals surface area contributed by atoms with Gasteiger partial charge in [0.25, 0.3) is 0 Å².